The third kappa shape index (κ3) is 4.17. The van der Waals surface area contributed by atoms with Gasteiger partial charge in [0.2, 0.25) is 10.0 Å². The van der Waals surface area contributed by atoms with Crippen molar-refractivity contribution in [1.82, 2.24) is 4.72 Å². The first-order valence-electron chi connectivity index (χ1n) is 8.64. The van der Waals surface area contributed by atoms with Crippen molar-refractivity contribution < 1.29 is 13.2 Å². The minimum Gasteiger partial charge on any atom is -0.299 e. The van der Waals surface area contributed by atoms with Crippen LogP contribution in [0.1, 0.15) is 42.9 Å². The monoisotopic (exact) mass is 357 g/mol. The molecule has 0 saturated heterocycles. The number of hydrogen-bond donors (Lipinski definition) is 1. The van der Waals surface area contributed by atoms with E-state index in [-0.39, 0.29) is 16.6 Å². The van der Waals surface area contributed by atoms with Crippen molar-refractivity contribution in [3.8, 4) is 0 Å². The van der Waals surface area contributed by atoms with E-state index in [1.807, 2.05) is 37.3 Å². The number of benzene rings is 2. The molecule has 0 spiro atoms. The smallest absolute Gasteiger partial charge is 0.241 e. The van der Waals surface area contributed by atoms with Crippen molar-refractivity contribution in [1.29, 1.82) is 0 Å². The minimum absolute atomic E-state index is 0.145. The zero-order valence-corrected chi connectivity index (χ0v) is 15.1. The lowest BCUT2D eigenvalue weighted by Crippen LogP contribution is -2.38. The third-order valence-corrected chi connectivity index (χ3v) is 6.23. The summed E-state index contributed by atoms with van der Waals surface area (Å²) in [7, 11) is -3.70. The van der Waals surface area contributed by atoms with Gasteiger partial charge in [-0.05, 0) is 37.5 Å². The maximum Gasteiger partial charge on any atom is 0.241 e. The summed E-state index contributed by atoms with van der Waals surface area (Å²) in [5, 5.41) is 0. The molecule has 1 fully saturated rings. The van der Waals surface area contributed by atoms with Crippen molar-refractivity contribution in [2.24, 2.45) is 5.92 Å². The van der Waals surface area contributed by atoms with Crippen molar-refractivity contribution in [2.75, 3.05) is 0 Å². The van der Waals surface area contributed by atoms with E-state index in [1.165, 1.54) is 0 Å². The summed E-state index contributed by atoms with van der Waals surface area (Å²) < 4.78 is 28.5. The van der Waals surface area contributed by atoms with Gasteiger partial charge in [0.1, 0.15) is 5.78 Å². The first-order valence-corrected chi connectivity index (χ1v) is 10.1. The van der Waals surface area contributed by atoms with E-state index >= 15 is 0 Å². The van der Waals surface area contributed by atoms with Gasteiger partial charge in [0.05, 0.1) is 10.9 Å². The molecule has 2 unspecified atom stereocenters. The highest BCUT2D eigenvalue weighted by molar-refractivity contribution is 7.89. The average molecular weight is 357 g/mol. The summed E-state index contributed by atoms with van der Waals surface area (Å²) in [4.78, 5) is 12.7. The van der Waals surface area contributed by atoms with Crippen LogP contribution >= 0.6 is 0 Å². The van der Waals surface area contributed by atoms with Crippen LogP contribution in [0.2, 0.25) is 0 Å². The summed E-state index contributed by atoms with van der Waals surface area (Å²) in [6, 6.07) is 15.6. The molecular formula is C20H23NO3S. The van der Waals surface area contributed by atoms with Crippen LogP contribution < -0.4 is 4.72 Å². The molecule has 0 aliphatic heterocycles. The van der Waals surface area contributed by atoms with Gasteiger partial charge in [-0.15, -0.1) is 0 Å². The van der Waals surface area contributed by atoms with Crippen molar-refractivity contribution in [3.05, 3.63) is 65.7 Å². The van der Waals surface area contributed by atoms with Gasteiger partial charge < -0.3 is 0 Å². The predicted octanol–water partition coefficient (Wildman–Crippen LogP) is 3.77. The van der Waals surface area contributed by atoms with Gasteiger partial charge >= 0.3 is 0 Å². The zero-order valence-electron chi connectivity index (χ0n) is 14.3. The normalized spacial score (nSPS) is 19.6. The first-order chi connectivity index (χ1) is 12.0. The van der Waals surface area contributed by atoms with Gasteiger partial charge in [-0.25, -0.2) is 13.1 Å². The second-order valence-corrected chi connectivity index (χ2v) is 8.36. The lowest BCUT2D eigenvalue weighted by Gasteiger charge is -2.30. The Bertz CT molecular complexity index is 829. The van der Waals surface area contributed by atoms with Crippen molar-refractivity contribution in [3.63, 3.8) is 0 Å². The molecule has 1 saturated carbocycles. The number of sulfonamides is 1. The van der Waals surface area contributed by atoms with Crippen LogP contribution in [0.3, 0.4) is 0 Å². The second-order valence-electron chi connectivity index (χ2n) is 6.64. The maximum atomic E-state index is 12.9. The van der Waals surface area contributed by atoms with E-state index in [9.17, 15) is 13.2 Å². The van der Waals surface area contributed by atoms with Crippen LogP contribution in [0.5, 0.6) is 0 Å². The number of rotatable bonds is 5. The van der Waals surface area contributed by atoms with Gasteiger partial charge in [-0.3, -0.25) is 4.79 Å². The molecule has 1 aliphatic rings. The molecule has 2 aromatic rings. The Balaban J connectivity index is 1.94. The molecule has 1 aliphatic carbocycles. The second kappa shape index (κ2) is 7.50. The Hall–Kier alpha value is -1.98. The van der Waals surface area contributed by atoms with E-state index in [2.05, 4.69) is 4.72 Å². The summed E-state index contributed by atoms with van der Waals surface area (Å²) in [6.45, 7) is 1.91. The fourth-order valence-corrected chi connectivity index (χ4v) is 4.62. The highest BCUT2D eigenvalue weighted by atomic mass is 32.2. The van der Waals surface area contributed by atoms with Crippen LogP contribution in [0.4, 0.5) is 0 Å². The molecule has 4 nitrogen and oxygen atoms in total. The summed E-state index contributed by atoms with van der Waals surface area (Å²) in [6.07, 6.45) is 3.09. The highest BCUT2D eigenvalue weighted by Gasteiger charge is 2.34. The van der Waals surface area contributed by atoms with E-state index < -0.39 is 16.1 Å². The zero-order chi connectivity index (χ0) is 17.9. The SMILES string of the molecule is Cc1ccc(S(=O)(=O)NC(c2ccccc2)C2CCCCC2=O)cc1. The molecule has 25 heavy (non-hydrogen) atoms. The van der Waals surface area contributed by atoms with Gasteiger partial charge in [-0.2, -0.15) is 0 Å². The van der Waals surface area contributed by atoms with Gasteiger partial charge in [0.25, 0.3) is 0 Å². The Kier molecular flexibility index (Phi) is 5.35. The van der Waals surface area contributed by atoms with Crippen LogP contribution in [0, 0.1) is 12.8 Å². The van der Waals surface area contributed by atoms with Gasteiger partial charge in [0.15, 0.2) is 0 Å². The molecule has 0 bridgehead atoms. The molecule has 0 heterocycles. The molecule has 0 amide bonds. The van der Waals surface area contributed by atoms with Crippen molar-refractivity contribution >= 4 is 15.8 Å². The van der Waals surface area contributed by atoms with E-state index in [0.29, 0.717) is 6.42 Å². The lowest BCUT2D eigenvalue weighted by molar-refractivity contribution is -0.125. The van der Waals surface area contributed by atoms with Gasteiger partial charge in [-0.1, -0.05) is 54.4 Å². The molecule has 132 valence electrons. The standard InChI is InChI=1S/C20H23NO3S/c1-15-11-13-17(14-12-15)25(23,24)21-20(16-7-3-2-4-8-16)18-9-5-6-10-19(18)22/h2-4,7-8,11-14,18,20-21H,5-6,9-10H2,1H3. The van der Waals surface area contributed by atoms with Crippen LogP contribution in [0.15, 0.2) is 59.5 Å². The van der Waals surface area contributed by atoms with Crippen LogP contribution in [-0.4, -0.2) is 14.2 Å². The third-order valence-electron chi connectivity index (χ3n) is 4.78. The highest BCUT2D eigenvalue weighted by Crippen LogP contribution is 2.33. The van der Waals surface area contributed by atoms with Crippen LogP contribution in [-0.2, 0) is 14.8 Å². The average Bonchev–Trinajstić information content (AvgIpc) is 2.61. The Morgan fingerprint density at radius 3 is 2.32 bits per heavy atom. The number of nitrogens with one attached hydrogen (secondary N) is 1. The molecule has 0 aromatic heterocycles. The summed E-state index contributed by atoms with van der Waals surface area (Å²) in [5.74, 6) is -0.164. The summed E-state index contributed by atoms with van der Waals surface area (Å²) >= 11 is 0. The maximum absolute atomic E-state index is 12.9. The van der Waals surface area contributed by atoms with E-state index in [0.717, 1.165) is 30.4 Å². The molecule has 1 N–H and O–H groups in total. The molecule has 5 heteroatoms. The minimum atomic E-state index is -3.70. The molecule has 2 aromatic carbocycles. The van der Waals surface area contributed by atoms with E-state index in [1.54, 1.807) is 24.3 Å². The fraction of sp³-hybridized carbons (Fsp3) is 0.350. The number of hydrogen-bond acceptors (Lipinski definition) is 3. The predicted molar refractivity (Wildman–Crippen MR) is 97.6 cm³/mol. The topological polar surface area (TPSA) is 63.2 Å². The molecule has 0 radical (unpaired) electrons. The van der Waals surface area contributed by atoms with Crippen LogP contribution in [0.25, 0.3) is 0 Å². The molecule has 2 atom stereocenters. The number of carbonyl (C=O) groups is 1. The van der Waals surface area contributed by atoms with Gasteiger partial charge in [0, 0.05) is 12.3 Å². The molecule has 3 rings (SSSR count). The largest absolute Gasteiger partial charge is 0.299 e. The Labute approximate surface area is 149 Å². The lowest BCUT2D eigenvalue weighted by atomic mass is 9.80. The first kappa shape index (κ1) is 17.8. The molecular weight excluding hydrogens is 334 g/mol. The number of Topliss-reactive ketones (excluding diaryl/α,β-unsaturated/α-hetero) is 1. The fourth-order valence-electron chi connectivity index (χ4n) is 3.36. The Morgan fingerprint density at radius 1 is 1.00 bits per heavy atom. The van der Waals surface area contributed by atoms with Crippen molar-refractivity contribution in [2.45, 2.75) is 43.5 Å². The number of aryl methyl sites for hydroxylation is 1. The quantitative estimate of drug-likeness (QED) is 0.886. The van der Waals surface area contributed by atoms with E-state index in [4.69, 9.17) is 0 Å². The summed E-state index contributed by atoms with van der Waals surface area (Å²) in [5.41, 5.74) is 1.83. The Morgan fingerprint density at radius 2 is 1.68 bits per heavy atom. The number of ketones is 1. The number of carbonyl (C=O) groups excluding carboxylic acids is 1.